The Hall–Kier alpha value is -0.610. The van der Waals surface area contributed by atoms with Gasteiger partial charge in [0.15, 0.2) is 0 Å². The van der Waals surface area contributed by atoms with E-state index in [0.29, 0.717) is 0 Å². The Morgan fingerprint density at radius 3 is 2.94 bits per heavy atom. The number of rotatable bonds is 7. The monoisotopic (exact) mass is 228 g/mol. The Kier molecular flexibility index (Phi) is 6.42. The van der Waals surface area contributed by atoms with Gasteiger partial charge in [-0.25, -0.2) is 0 Å². The molecule has 1 rings (SSSR count). The largest absolute Gasteiger partial charge is 0.396 e. The topological polar surface area (TPSA) is 52.6 Å². The number of carbonyl (C=O) groups excluding carboxylic acids is 1. The smallest absolute Gasteiger partial charge is 0.239 e. The van der Waals surface area contributed by atoms with Crippen LogP contribution in [0.4, 0.5) is 0 Å². The minimum Gasteiger partial charge on any atom is -0.396 e. The summed E-state index contributed by atoms with van der Waals surface area (Å²) < 4.78 is 0. The Morgan fingerprint density at radius 2 is 2.25 bits per heavy atom. The normalized spacial score (nSPS) is 21.5. The molecule has 0 aliphatic carbocycles. The Labute approximate surface area is 98.0 Å². The SMILES string of the molecule is CCNC1CCCN(CCCCCO)C1=O. The molecule has 1 aliphatic rings. The molecule has 94 valence electrons. The van der Waals surface area contributed by atoms with Crippen molar-refractivity contribution in [2.45, 2.75) is 45.1 Å². The highest BCUT2D eigenvalue weighted by Crippen LogP contribution is 2.12. The molecule has 0 aromatic rings. The summed E-state index contributed by atoms with van der Waals surface area (Å²) in [6.07, 6.45) is 4.93. The zero-order valence-electron chi connectivity index (χ0n) is 10.2. The standard InChI is InChI=1S/C12H24N2O2/c1-2-13-11-7-6-9-14(12(11)16)8-4-3-5-10-15/h11,13,15H,2-10H2,1H3. The number of hydrogen-bond acceptors (Lipinski definition) is 3. The predicted molar refractivity (Wildman–Crippen MR) is 64.2 cm³/mol. The van der Waals surface area contributed by atoms with E-state index in [1.807, 2.05) is 11.8 Å². The van der Waals surface area contributed by atoms with Gasteiger partial charge in [-0.15, -0.1) is 0 Å². The minimum absolute atomic E-state index is 0.0385. The van der Waals surface area contributed by atoms with Crippen molar-refractivity contribution in [2.24, 2.45) is 0 Å². The summed E-state index contributed by atoms with van der Waals surface area (Å²) in [4.78, 5) is 14.0. The van der Waals surface area contributed by atoms with Crippen LogP contribution in [0.1, 0.15) is 39.0 Å². The lowest BCUT2D eigenvalue weighted by Gasteiger charge is -2.32. The van der Waals surface area contributed by atoms with E-state index in [1.54, 1.807) is 0 Å². The third-order valence-electron chi connectivity index (χ3n) is 3.07. The first-order chi connectivity index (χ1) is 7.79. The number of aliphatic hydroxyl groups excluding tert-OH is 1. The first-order valence-corrected chi connectivity index (χ1v) is 6.42. The number of carbonyl (C=O) groups is 1. The molecule has 1 heterocycles. The molecule has 0 radical (unpaired) electrons. The van der Waals surface area contributed by atoms with Crippen LogP contribution >= 0.6 is 0 Å². The fourth-order valence-corrected chi connectivity index (χ4v) is 2.19. The van der Waals surface area contributed by atoms with Crippen LogP contribution in [0.5, 0.6) is 0 Å². The molecule has 1 amide bonds. The number of hydrogen-bond donors (Lipinski definition) is 2. The molecule has 1 aliphatic heterocycles. The van der Waals surface area contributed by atoms with Crippen LogP contribution in [0, 0.1) is 0 Å². The third kappa shape index (κ3) is 4.10. The molecule has 1 fully saturated rings. The van der Waals surface area contributed by atoms with Crippen molar-refractivity contribution >= 4 is 5.91 Å². The molecule has 2 N–H and O–H groups in total. The summed E-state index contributed by atoms with van der Waals surface area (Å²) in [6, 6.07) is 0.0385. The number of nitrogens with zero attached hydrogens (tertiary/aromatic N) is 1. The highest BCUT2D eigenvalue weighted by molar-refractivity contribution is 5.82. The van der Waals surface area contributed by atoms with Crippen molar-refractivity contribution in [3.8, 4) is 0 Å². The van der Waals surface area contributed by atoms with Gasteiger partial charge in [0.25, 0.3) is 0 Å². The molecule has 0 aromatic heterocycles. The van der Waals surface area contributed by atoms with Crippen LogP contribution in [0.2, 0.25) is 0 Å². The van der Waals surface area contributed by atoms with E-state index in [2.05, 4.69) is 5.32 Å². The number of likely N-dealkylation sites (N-methyl/N-ethyl adjacent to an activating group) is 1. The van der Waals surface area contributed by atoms with Gasteiger partial charge in [0.2, 0.25) is 5.91 Å². The van der Waals surface area contributed by atoms with Crippen molar-refractivity contribution < 1.29 is 9.90 Å². The van der Waals surface area contributed by atoms with E-state index >= 15 is 0 Å². The van der Waals surface area contributed by atoms with Crippen LogP contribution in [0.25, 0.3) is 0 Å². The number of aliphatic hydroxyl groups is 1. The maximum Gasteiger partial charge on any atom is 0.239 e. The molecule has 1 atom stereocenters. The van der Waals surface area contributed by atoms with Gasteiger partial charge < -0.3 is 15.3 Å². The van der Waals surface area contributed by atoms with Crippen LogP contribution in [0.3, 0.4) is 0 Å². The predicted octanol–water partition coefficient (Wildman–Crippen LogP) is 0.749. The van der Waals surface area contributed by atoms with Crippen LogP contribution in [-0.2, 0) is 4.79 Å². The first kappa shape index (κ1) is 13.5. The molecule has 1 unspecified atom stereocenters. The molecule has 0 aromatic carbocycles. The van der Waals surface area contributed by atoms with E-state index in [-0.39, 0.29) is 18.6 Å². The number of nitrogens with one attached hydrogen (secondary N) is 1. The van der Waals surface area contributed by atoms with Crippen molar-refractivity contribution in [1.82, 2.24) is 10.2 Å². The zero-order valence-corrected chi connectivity index (χ0v) is 10.2. The van der Waals surface area contributed by atoms with Gasteiger partial charge in [-0.2, -0.15) is 0 Å². The highest BCUT2D eigenvalue weighted by Gasteiger charge is 2.27. The molecular formula is C12H24N2O2. The second-order valence-electron chi connectivity index (χ2n) is 4.36. The number of piperidine rings is 1. The Morgan fingerprint density at radius 1 is 1.44 bits per heavy atom. The molecule has 16 heavy (non-hydrogen) atoms. The number of unbranched alkanes of at least 4 members (excludes halogenated alkanes) is 2. The number of likely N-dealkylation sites (tertiary alicyclic amines) is 1. The van der Waals surface area contributed by atoms with Gasteiger partial charge >= 0.3 is 0 Å². The molecule has 4 heteroatoms. The van der Waals surface area contributed by atoms with E-state index in [9.17, 15) is 4.79 Å². The van der Waals surface area contributed by atoms with Gasteiger partial charge in [-0.05, 0) is 38.6 Å². The van der Waals surface area contributed by atoms with E-state index in [4.69, 9.17) is 5.11 Å². The molecule has 4 nitrogen and oxygen atoms in total. The van der Waals surface area contributed by atoms with Gasteiger partial charge in [0.05, 0.1) is 6.04 Å². The van der Waals surface area contributed by atoms with Gasteiger partial charge in [0, 0.05) is 19.7 Å². The lowest BCUT2D eigenvalue weighted by Crippen LogP contribution is -2.50. The average Bonchev–Trinajstić information content (AvgIpc) is 2.29. The Balaban J connectivity index is 2.27. The highest BCUT2D eigenvalue weighted by atomic mass is 16.2. The quantitative estimate of drug-likeness (QED) is 0.632. The van der Waals surface area contributed by atoms with Crippen LogP contribution in [0.15, 0.2) is 0 Å². The van der Waals surface area contributed by atoms with Crippen LogP contribution < -0.4 is 5.32 Å². The third-order valence-corrected chi connectivity index (χ3v) is 3.07. The van der Waals surface area contributed by atoms with Crippen molar-refractivity contribution in [2.75, 3.05) is 26.2 Å². The zero-order chi connectivity index (χ0) is 11.8. The maximum absolute atomic E-state index is 12.0. The second kappa shape index (κ2) is 7.63. The van der Waals surface area contributed by atoms with Crippen LogP contribution in [-0.4, -0.2) is 48.2 Å². The van der Waals surface area contributed by atoms with Gasteiger partial charge in [-0.1, -0.05) is 6.92 Å². The van der Waals surface area contributed by atoms with Gasteiger partial charge in [0.1, 0.15) is 0 Å². The molecule has 1 saturated heterocycles. The molecule has 0 bridgehead atoms. The fourth-order valence-electron chi connectivity index (χ4n) is 2.19. The van der Waals surface area contributed by atoms with Crippen molar-refractivity contribution in [1.29, 1.82) is 0 Å². The maximum atomic E-state index is 12.0. The lowest BCUT2D eigenvalue weighted by molar-refractivity contribution is -0.136. The summed E-state index contributed by atoms with van der Waals surface area (Å²) in [6.45, 7) is 4.90. The van der Waals surface area contributed by atoms with E-state index in [1.165, 1.54) is 0 Å². The van der Waals surface area contributed by atoms with Crippen molar-refractivity contribution in [3.63, 3.8) is 0 Å². The van der Waals surface area contributed by atoms with E-state index < -0.39 is 0 Å². The first-order valence-electron chi connectivity index (χ1n) is 6.42. The summed E-state index contributed by atoms with van der Waals surface area (Å²) in [5.41, 5.74) is 0. The van der Waals surface area contributed by atoms with Crippen molar-refractivity contribution in [3.05, 3.63) is 0 Å². The molecular weight excluding hydrogens is 204 g/mol. The Bertz CT molecular complexity index is 207. The summed E-state index contributed by atoms with van der Waals surface area (Å²) in [7, 11) is 0. The lowest BCUT2D eigenvalue weighted by atomic mass is 10.0. The molecule has 0 saturated carbocycles. The van der Waals surface area contributed by atoms with E-state index in [0.717, 1.165) is 51.7 Å². The number of amides is 1. The molecule has 0 spiro atoms. The second-order valence-corrected chi connectivity index (χ2v) is 4.36. The fraction of sp³-hybridized carbons (Fsp3) is 0.917. The summed E-state index contributed by atoms with van der Waals surface area (Å²) in [5, 5.41) is 11.9. The average molecular weight is 228 g/mol. The summed E-state index contributed by atoms with van der Waals surface area (Å²) >= 11 is 0. The summed E-state index contributed by atoms with van der Waals surface area (Å²) in [5.74, 6) is 0.261. The van der Waals surface area contributed by atoms with Gasteiger partial charge in [-0.3, -0.25) is 4.79 Å². The minimum atomic E-state index is 0.0385.